The van der Waals surface area contributed by atoms with Crippen LogP contribution in [-0.2, 0) is 9.53 Å². The van der Waals surface area contributed by atoms with Crippen molar-refractivity contribution in [3.8, 4) is 11.5 Å². The summed E-state index contributed by atoms with van der Waals surface area (Å²) in [7, 11) is 1.25. The minimum Gasteiger partial charge on any atom is -0.493 e. The number of carbonyl (C=O) groups is 2. The lowest BCUT2D eigenvalue weighted by molar-refractivity contribution is -0.125. The maximum absolute atomic E-state index is 13.0. The molecule has 1 unspecified atom stereocenters. The molecule has 32 heavy (non-hydrogen) atoms. The fourth-order valence-electron chi connectivity index (χ4n) is 2.96. The molecule has 0 aromatic heterocycles. The number of ether oxygens (including phenoxy) is 3. The van der Waals surface area contributed by atoms with Gasteiger partial charge in [-0.05, 0) is 31.2 Å². The van der Waals surface area contributed by atoms with Gasteiger partial charge in [0.05, 0.1) is 7.11 Å². The standard InChI is InChI=1S/C24H21F2NO5/c1-15-11-13-17(14-12-15)27-22(28)20(16-7-4-3-5-8-16)31-23(29)18-9-6-10-19(30-2)21(18)32-24(25)26/h3-14,20,24H,1-2H3,(H,27,28). The highest BCUT2D eigenvalue weighted by Crippen LogP contribution is 2.34. The molecule has 166 valence electrons. The highest BCUT2D eigenvalue weighted by molar-refractivity contribution is 5.99. The summed E-state index contributed by atoms with van der Waals surface area (Å²) in [6, 6.07) is 19.5. The Labute approximate surface area is 183 Å². The largest absolute Gasteiger partial charge is 0.493 e. The second-order valence-corrected chi connectivity index (χ2v) is 6.77. The molecule has 0 saturated heterocycles. The van der Waals surface area contributed by atoms with E-state index < -0.39 is 30.3 Å². The molecule has 0 spiro atoms. The van der Waals surface area contributed by atoms with Gasteiger partial charge >= 0.3 is 12.6 Å². The maximum Gasteiger partial charge on any atom is 0.387 e. The van der Waals surface area contributed by atoms with Crippen LogP contribution in [0.5, 0.6) is 11.5 Å². The van der Waals surface area contributed by atoms with Crippen molar-refractivity contribution in [2.24, 2.45) is 0 Å². The van der Waals surface area contributed by atoms with E-state index in [-0.39, 0.29) is 11.3 Å². The van der Waals surface area contributed by atoms with Crippen LogP contribution in [-0.4, -0.2) is 25.6 Å². The number of esters is 1. The fraction of sp³-hybridized carbons (Fsp3) is 0.167. The SMILES string of the molecule is COc1cccc(C(=O)OC(C(=O)Nc2ccc(C)cc2)c2ccccc2)c1OC(F)F. The first-order chi connectivity index (χ1) is 15.4. The van der Waals surface area contributed by atoms with E-state index in [1.54, 1.807) is 42.5 Å². The number of amides is 1. The Morgan fingerprint density at radius 2 is 1.59 bits per heavy atom. The molecule has 3 aromatic rings. The Bertz CT molecular complexity index is 1070. The zero-order chi connectivity index (χ0) is 23.1. The molecule has 0 bridgehead atoms. The summed E-state index contributed by atoms with van der Waals surface area (Å²) in [5, 5.41) is 2.70. The van der Waals surface area contributed by atoms with Gasteiger partial charge in [-0.2, -0.15) is 8.78 Å². The van der Waals surface area contributed by atoms with E-state index in [1.165, 1.54) is 25.3 Å². The number of aryl methyl sites for hydroxylation is 1. The Hall–Kier alpha value is -3.94. The minimum absolute atomic E-state index is 0.0693. The molecule has 0 saturated carbocycles. The molecule has 1 atom stereocenters. The number of hydrogen-bond acceptors (Lipinski definition) is 5. The van der Waals surface area contributed by atoms with Gasteiger partial charge in [-0.25, -0.2) is 4.79 Å². The third-order valence-electron chi connectivity index (χ3n) is 4.51. The van der Waals surface area contributed by atoms with Crippen LogP contribution in [0.15, 0.2) is 72.8 Å². The molecule has 0 aliphatic rings. The van der Waals surface area contributed by atoms with Gasteiger partial charge < -0.3 is 19.5 Å². The molecular weight excluding hydrogens is 420 g/mol. The molecule has 3 aromatic carbocycles. The lowest BCUT2D eigenvalue weighted by Gasteiger charge is -2.20. The lowest BCUT2D eigenvalue weighted by atomic mass is 10.1. The number of alkyl halides is 2. The second kappa shape index (κ2) is 10.4. The van der Waals surface area contributed by atoms with E-state index in [0.29, 0.717) is 11.3 Å². The van der Waals surface area contributed by atoms with E-state index in [1.807, 2.05) is 19.1 Å². The molecule has 0 fully saturated rings. The van der Waals surface area contributed by atoms with E-state index in [9.17, 15) is 18.4 Å². The van der Waals surface area contributed by atoms with Gasteiger partial charge in [0.25, 0.3) is 5.91 Å². The van der Waals surface area contributed by atoms with E-state index in [4.69, 9.17) is 9.47 Å². The van der Waals surface area contributed by atoms with Gasteiger partial charge in [0.15, 0.2) is 11.5 Å². The molecule has 1 amide bonds. The van der Waals surface area contributed by atoms with Crippen LogP contribution in [0.3, 0.4) is 0 Å². The van der Waals surface area contributed by atoms with Gasteiger partial charge in [0.2, 0.25) is 6.10 Å². The first kappa shape index (κ1) is 22.7. The molecular formula is C24H21F2NO5. The molecule has 0 aliphatic heterocycles. The summed E-state index contributed by atoms with van der Waals surface area (Å²) in [5.41, 5.74) is 1.64. The number of rotatable bonds is 8. The van der Waals surface area contributed by atoms with Gasteiger partial charge in [-0.3, -0.25) is 4.79 Å². The number of hydrogen-bond donors (Lipinski definition) is 1. The van der Waals surface area contributed by atoms with Crippen LogP contribution in [0.2, 0.25) is 0 Å². The summed E-state index contributed by atoms with van der Waals surface area (Å²) in [4.78, 5) is 25.9. The predicted molar refractivity (Wildman–Crippen MR) is 114 cm³/mol. The van der Waals surface area contributed by atoms with E-state index in [2.05, 4.69) is 10.1 Å². The smallest absolute Gasteiger partial charge is 0.387 e. The number of nitrogens with one attached hydrogen (secondary N) is 1. The molecule has 3 rings (SSSR count). The number of anilines is 1. The van der Waals surface area contributed by atoms with Gasteiger partial charge in [-0.15, -0.1) is 0 Å². The average molecular weight is 441 g/mol. The Kier molecular flexibility index (Phi) is 7.38. The van der Waals surface area contributed by atoms with Crippen LogP contribution in [0.4, 0.5) is 14.5 Å². The first-order valence-electron chi connectivity index (χ1n) is 9.64. The van der Waals surface area contributed by atoms with Crippen molar-refractivity contribution in [3.63, 3.8) is 0 Å². The highest BCUT2D eigenvalue weighted by atomic mass is 19.3. The van der Waals surface area contributed by atoms with E-state index in [0.717, 1.165) is 5.56 Å². The van der Waals surface area contributed by atoms with Crippen LogP contribution in [0, 0.1) is 6.92 Å². The van der Waals surface area contributed by atoms with Crippen LogP contribution in [0.25, 0.3) is 0 Å². The Morgan fingerprint density at radius 3 is 2.22 bits per heavy atom. The third kappa shape index (κ3) is 5.60. The summed E-state index contributed by atoms with van der Waals surface area (Å²) in [6.45, 7) is -1.28. The Morgan fingerprint density at radius 1 is 0.906 bits per heavy atom. The van der Waals surface area contributed by atoms with Crippen LogP contribution >= 0.6 is 0 Å². The van der Waals surface area contributed by atoms with Gasteiger partial charge in [0.1, 0.15) is 5.56 Å². The number of carbonyl (C=O) groups excluding carboxylic acids is 2. The van der Waals surface area contributed by atoms with Crippen LogP contribution < -0.4 is 14.8 Å². The number of methoxy groups -OCH3 is 1. The van der Waals surface area contributed by atoms with Gasteiger partial charge in [0, 0.05) is 11.3 Å². The highest BCUT2D eigenvalue weighted by Gasteiger charge is 2.29. The average Bonchev–Trinajstić information content (AvgIpc) is 2.79. The minimum atomic E-state index is -3.19. The van der Waals surface area contributed by atoms with Crippen molar-refractivity contribution in [2.75, 3.05) is 12.4 Å². The Balaban J connectivity index is 1.91. The summed E-state index contributed by atoms with van der Waals surface area (Å²) >= 11 is 0. The number of halogens is 2. The zero-order valence-electron chi connectivity index (χ0n) is 17.4. The third-order valence-corrected chi connectivity index (χ3v) is 4.51. The molecule has 8 heteroatoms. The first-order valence-corrected chi connectivity index (χ1v) is 9.64. The summed E-state index contributed by atoms with van der Waals surface area (Å²) in [6.07, 6.45) is -1.34. The second-order valence-electron chi connectivity index (χ2n) is 6.77. The maximum atomic E-state index is 13.0. The topological polar surface area (TPSA) is 73.9 Å². The predicted octanol–water partition coefficient (Wildman–Crippen LogP) is 5.14. The molecule has 0 aliphatic carbocycles. The van der Waals surface area contributed by atoms with Crippen molar-refractivity contribution in [3.05, 3.63) is 89.5 Å². The normalized spacial score (nSPS) is 11.5. The van der Waals surface area contributed by atoms with Gasteiger partial charge in [-0.1, -0.05) is 54.1 Å². The lowest BCUT2D eigenvalue weighted by Crippen LogP contribution is -2.26. The fourth-order valence-corrected chi connectivity index (χ4v) is 2.96. The monoisotopic (exact) mass is 441 g/mol. The van der Waals surface area contributed by atoms with E-state index >= 15 is 0 Å². The quantitative estimate of drug-likeness (QED) is 0.490. The van der Waals surface area contributed by atoms with Crippen molar-refractivity contribution in [1.82, 2.24) is 0 Å². The molecule has 1 N–H and O–H groups in total. The van der Waals surface area contributed by atoms with Crippen molar-refractivity contribution >= 4 is 17.6 Å². The molecule has 6 nitrogen and oxygen atoms in total. The van der Waals surface area contributed by atoms with Crippen LogP contribution in [0.1, 0.15) is 27.6 Å². The summed E-state index contributed by atoms with van der Waals surface area (Å²) in [5.74, 6) is -2.17. The number of para-hydroxylation sites is 1. The number of benzene rings is 3. The van der Waals surface area contributed by atoms with Crippen molar-refractivity contribution < 1.29 is 32.6 Å². The summed E-state index contributed by atoms with van der Waals surface area (Å²) < 4.78 is 40.8. The van der Waals surface area contributed by atoms with Crippen molar-refractivity contribution in [2.45, 2.75) is 19.6 Å². The zero-order valence-corrected chi connectivity index (χ0v) is 17.4. The molecule has 0 radical (unpaired) electrons. The molecule has 0 heterocycles. The van der Waals surface area contributed by atoms with Crippen molar-refractivity contribution in [1.29, 1.82) is 0 Å².